The number of imide groups is 1. The molecule has 1 aliphatic rings. The van der Waals surface area contributed by atoms with E-state index in [1.165, 1.54) is 13.2 Å². The van der Waals surface area contributed by atoms with Gasteiger partial charge in [0.2, 0.25) is 0 Å². The molecule has 0 fully saturated rings. The molecule has 0 saturated carbocycles. The lowest BCUT2D eigenvalue weighted by atomic mass is 10.1. The Bertz CT molecular complexity index is 849. The first-order chi connectivity index (χ1) is 11.6. The number of hydrogen-bond acceptors (Lipinski definition) is 4. The van der Waals surface area contributed by atoms with Gasteiger partial charge in [-0.1, -0.05) is 30.0 Å². The molecular weight excluding hydrogens is 306 g/mol. The molecule has 2 aromatic rings. The van der Waals surface area contributed by atoms with Crippen molar-refractivity contribution in [1.29, 1.82) is 0 Å². The van der Waals surface area contributed by atoms with E-state index in [-0.39, 0.29) is 5.56 Å². The molecule has 0 aliphatic carbocycles. The van der Waals surface area contributed by atoms with Gasteiger partial charge in [0.15, 0.2) is 0 Å². The molecule has 0 aromatic heterocycles. The van der Waals surface area contributed by atoms with Crippen LogP contribution in [0.4, 0.5) is 0 Å². The van der Waals surface area contributed by atoms with E-state index >= 15 is 0 Å². The van der Waals surface area contributed by atoms with Crippen LogP contribution in [-0.4, -0.2) is 30.1 Å². The summed E-state index contributed by atoms with van der Waals surface area (Å²) in [5, 5.41) is 0.758. The second kappa shape index (κ2) is 6.57. The summed E-state index contributed by atoms with van der Waals surface area (Å²) in [6.07, 6.45) is -0.616. The first-order valence-corrected chi connectivity index (χ1v) is 7.40. The lowest BCUT2D eigenvalue weighted by Crippen LogP contribution is -2.33. The molecule has 0 saturated heterocycles. The van der Waals surface area contributed by atoms with Crippen LogP contribution in [-0.2, 0) is 4.84 Å². The summed E-state index contributed by atoms with van der Waals surface area (Å²) >= 11 is 0. The van der Waals surface area contributed by atoms with E-state index < -0.39 is 17.9 Å². The van der Waals surface area contributed by atoms with E-state index in [1.54, 1.807) is 19.1 Å². The van der Waals surface area contributed by atoms with Gasteiger partial charge in [0.05, 0.1) is 18.2 Å². The quantitative estimate of drug-likeness (QED) is 0.644. The van der Waals surface area contributed by atoms with Gasteiger partial charge in [0, 0.05) is 5.56 Å². The lowest BCUT2D eigenvalue weighted by molar-refractivity contribution is -0.108. The number of nitrogens with zero attached hydrogens (tertiary/aromatic N) is 1. The number of methoxy groups -OCH3 is 1. The highest BCUT2D eigenvalue weighted by atomic mass is 16.7. The highest BCUT2D eigenvalue weighted by molar-refractivity contribution is 6.20. The average molecular weight is 321 g/mol. The zero-order chi connectivity index (χ0) is 17.1. The van der Waals surface area contributed by atoms with Crippen molar-refractivity contribution in [3.63, 3.8) is 0 Å². The van der Waals surface area contributed by atoms with E-state index in [0.717, 1.165) is 10.6 Å². The van der Waals surface area contributed by atoms with Gasteiger partial charge in [-0.3, -0.25) is 9.59 Å². The zero-order valence-corrected chi connectivity index (χ0v) is 13.3. The van der Waals surface area contributed by atoms with E-state index in [1.807, 2.05) is 30.3 Å². The Balaban J connectivity index is 1.76. The number of carbonyl (C=O) groups is 2. The molecule has 0 spiro atoms. The third-order valence-electron chi connectivity index (χ3n) is 3.51. The van der Waals surface area contributed by atoms with E-state index in [4.69, 9.17) is 9.57 Å². The number of rotatable bonds is 3. The molecule has 1 atom stereocenters. The lowest BCUT2D eigenvalue weighted by Gasteiger charge is -2.15. The van der Waals surface area contributed by atoms with Crippen molar-refractivity contribution in [2.24, 2.45) is 0 Å². The highest BCUT2D eigenvalue weighted by Gasteiger charge is 2.38. The molecule has 0 unspecified atom stereocenters. The van der Waals surface area contributed by atoms with Crippen molar-refractivity contribution in [2.45, 2.75) is 13.0 Å². The highest BCUT2D eigenvalue weighted by Crippen LogP contribution is 2.27. The van der Waals surface area contributed by atoms with Gasteiger partial charge in [0.25, 0.3) is 11.8 Å². The van der Waals surface area contributed by atoms with Crippen molar-refractivity contribution in [2.75, 3.05) is 7.11 Å². The summed E-state index contributed by atoms with van der Waals surface area (Å²) in [5.41, 5.74) is 1.40. The molecule has 0 radical (unpaired) electrons. The number of ether oxygens (including phenoxy) is 1. The van der Waals surface area contributed by atoms with Crippen molar-refractivity contribution in [3.05, 3.63) is 65.2 Å². The maximum atomic E-state index is 12.4. The maximum Gasteiger partial charge on any atom is 0.286 e. The molecule has 0 N–H and O–H groups in total. The molecule has 5 nitrogen and oxygen atoms in total. The Hall–Kier alpha value is -3.10. The van der Waals surface area contributed by atoms with Gasteiger partial charge in [-0.25, -0.2) is 4.84 Å². The van der Waals surface area contributed by atoms with Crippen LogP contribution in [0.15, 0.2) is 48.5 Å². The summed E-state index contributed by atoms with van der Waals surface area (Å²) in [6.45, 7) is 1.68. The van der Waals surface area contributed by atoms with Gasteiger partial charge >= 0.3 is 0 Å². The summed E-state index contributed by atoms with van der Waals surface area (Å²) in [6, 6.07) is 14.1. The third-order valence-corrected chi connectivity index (χ3v) is 3.51. The number of hydrogen-bond donors (Lipinski definition) is 0. The van der Waals surface area contributed by atoms with Crippen LogP contribution < -0.4 is 4.74 Å². The molecule has 24 heavy (non-hydrogen) atoms. The maximum absolute atomic E-state index is 12.4. The van der Waals surface area contributed by atoms with Crippen LogP contribution in [0.5, 0.6) is 5.75 Å². The van der Waals surface area contributed by atoms with Gasteiger partial charge < -0.3 is 4.74 Å². The Labute approximate surface area is 139 Å². The first-order valence-electron chi connectivity index (χ1n) is 7.40. The average Bonchev–Trinajstić information content (AvgIpc) is 2.85. The van der Waals surface area contributed by atoms with Crippen molar-refractivity contribution in [3.8, 4) is 17.6 Å². The van der Waals surface area contributed by atoms with E-state index in [0.29, 0.717) is 11.3 Å². The first kappa shape index (κ1) is 15.8. The second-order valence-electron chi connectivity index (χ2n) is 5.20. The van der Waals surface area contributed by atoms with Crippen LogP contribution in [0, 0.1) is 11.8 Å². The smallest absolute Gasteiger partial charge is 0.286 e. The minimum Gasteiger partial charge on any atom is -0.497 e. The molecule has 1 heterocycles. The summed E-state index contributed by atoms with van der Waals surface area (Å²) in [7, 11) is 1.50. The van der Waals surface area contributed by atoms with Crippen LogP contribution in [0.1, 0.15) is 33.2 Å². The number of carbonyl (C=O) groups excluding carboxylic acids is 2. The van der Waals surface area contributed by atoms with Crippen molar-refractivity contribution < 1.29 is 19.2 Å². The van der Waals surface area contributed by atoms with Gasteiger partial charge in [-0.15, -0.1) is 5.06 Å². The van der Waals surface area contributed by atoms with E-state index in [2.05, 4.69) is 11.8 Å². The minimum atomic E-state index is -0.616. The Morgan fingerprint density at radius 1 is 1.00 bits per heavy atom. The Morgan fingerprint density at radius 2 is 1.71 bits per heavy atom. The molecule has 3 rings (SSSR count). The van der Waals surface area contributed by atoms with Gasteiger partial charge in [0.1, 0.15) is 11.9 Å². The monoisotopic (exact) mass is 321 g/mol. The topological polar surface area (TPSA) is 55.8 Å². The standard InChI is InChI=1S/C19H15NO4/c1-13(8-9-14-6-4-3-5-7-14)24-20-18(21)16-11-10-15(23-2)12-17(16)19(20)22/h3-7,10-13H,1-2H3/t13-/m0/s1. The normalized spacial score (nSPS) is 14.0. The largest absolute Gasteiger partial charge is 0.497 e. The third kappa shape index (κ3) is 3.00. The molecule has 0 bridgehead atoms. The Morgan fingerprint density at radius 3 is 2.42 bits per heavy atom. The second-order valence-corrected chi connectivity index (χ2v) is 5.20. The van der Waals surface area contributed by atoms with Gasteiger partial charge in [-0.05, 0) is 37.3 Å². The van der Waals surface area contributed by atoms with Crippen LogP contribution in [0.25, 0.3) is 0 Å². The molecule has 120 valence electrons. The zero-order valence-electron chi connectivity index (χ0n) is 13.3. The number of amides is 2. The fraction of sp³-hybridized carbons (Fsp3) is 0.158. The predicted octanol–water partition coefficient (Wildman–Crippen LogP) is 2.66. The number of benzene rings is 2. The summed E-state index contributed by atoms with van der Waals surface area (Å²) in [4.78, 5) is 30.1. The number of fused-ring (bicyclic) bond motifs is 1. The van der Waals surface area contributed by atoms with Crippen LogP contribution in [0.2, 0.25) is 0 Å². The fourth-order valence-corrected chi connectivity index (χ4v) is 2.31. The van der Waals surface area contributed by atoms with E-state index in [9.17, 15) is 9.59 Å². The minimum absolute atomic E-state index is 0.266. The molecule has 5 heteroatoms. The molecular formula is C19H15NO4. The van der Waals surface area contributed by atoms with Crippen LogP contribution in [0.3, 0.4) is 0 Å². The fourth-order valence-electron chi connectivity index (χ4n) is 2.31. The van der Waals surface area contributed by atoms with Crippen molar-refractivity contribution in [1.82, 2.24) is 5.06 Å². The van der Waals surface area contributed by atoms with Crippen LogP contribution >= 0.6 is 0 Å². The predicted molar refractivity (Wildman–Crippen MR) is 87.4 cm³/mol. The SMILES string of the molecule is COc1ccc2c(c1)C(=O)N(O[C@@H](C)C#Cc1ccccc1)C2=O. The molecule has 2 aromatic carbocycles. The Kier molecular flexibility index (Phi) is 4.32. The summed E-state index contributed by atoms with van der Waals surface area (Å²) in [5.74, 6) is 5.32. The molecule has 2 amide bonds. The summed E-state index contributed by atoms with van der Waals surface area (Å²) < 4.78 is 5.08. The van der Waals surface area contributed by atoms with Crippen molar-refractivity contribution >= 4 is 11.8 Å². The van der Waals surface area contributed by atoms with Gasteiger partial charge in [-0.2, -0.15) is 0 Å². The molecule has 1 aliphatic heterocycles. The number of hydroxylamine groups is 2.